The van der Waals surface area contributed by atoms with Crippen LogP contribution in [0.15, 0.2) is 36.9 Å². The van der Waals surface area contributed by atoms with E-state index in [4.69, 9.17) is 0 Å². The summed E-state index contributed by atoms with van der Waals surface area (Å²) in [6.07, 6.45) is 5.65. The van der Waals surface area contributed by atoms with Crippen LogP contribution in [0.4, 0.5) is 5.69 Å². The largest absolute Gasteiger partial charge is 0.382 e. The molecule has 0 bridgehead atoms. The van der Waals surface area contributed by atoms with Crippen LogP contribution in [0.25, 0.3) is 5.69 Å². The zero-order chi connectivity index (χ0) is 13.9. The molecule has 1 fully saturated rings. The van der Waals surface area contributed by atoms with E-state index >= 15 is 0 Å². The topological polar surface area (TPSA) is 46.0 Å². The van der Waals surface area contributed by atoms with Gasteiger partial charge in [-0.2, -0.15) is 5.10 Å². The number of nitrogens with zero attached hydrogens (tertiary/aromatic N) is 4. The molecule has 2 unspecified atom stereocenters. The number of anilines is 1. The molecule has 0 radical (unpaired) electrons. The Balaban J connectivity index is 1.64. The fourth-order valence-corrected chi connectivity index (χ4v) is 2.71. The van der Waals surface area contributed by atoms with Crippen molar-refractivity contribution in [3.05, 3.63) is 36.9 Å². The molecule has 1 aromatic heterocycles. The van der Waals surface area contributed by atoms with Gasteiger partial charge in [-0.3, -0.25) is 0 Å². The molecule has 1 aliphatic heterocycles. The normalized spacial score (nSPS) is 23.7. The Morgan fingerprint density at radius 2 is 2.05 bits per heavy atom. The van der Waals surface area contributed by atoms with Crippen molar-refractivity contribution in [2.45, 2.75) is 31.8 Å². The SMILES string of the molecule is CC1CC(Nc2ccc(-n3cncn3)cc2)CCN1C. The van der Waals surface area contributed by atoms with Gasteiger partial charge >= 0.3 is 0 Å². The average Bonchev–Trinajstić information content (AvgIpc) is 2.98. The smallest absolute Gasteiger partial charge is 0.138 e. The Morgan fingerprint density at radius 1 is 1.25 bits per heavy atom. The Labute approximate surface area is 119 Å². The Bertz CT molecular complexity index is 534. The fraction of sp³-hybridized carbons (Fsp3) is 0.467. The standard InChI is InChI=1S/C15H21N5/c1-12-9-14(7-8-19(12)2)18-13-3-5-15(6-4-13)20-11-16-10-17-20/h3-6,10-12,14,18H,7-9H2,1-2H3. The number of hydrogen-bond acceptors (Lipinski definition) is 4. The molecule has 2 aromatic rings. The van der Waals surface area contributed by atoms with Crippen LogP contribution in [0.3, 0.4) is 0 Å². The van der Waals surface area contributed by atoms with Crippen LogP contribution >= 0.6 is 0 Å². The monoisotopic (exact) mass is 271 g/mol. The first-order valence-electron chi connectivity index (χ1n) is 7.14. The highest BCUT2D eigenvalue weighted by Crippen LogP contribution is 2.20. The molecular weight excluding hydrogens is 250 g/mol. The molecule has 1 aromatic carbocycles. The third kappa shape index (κ3) is 2.82. The minimum absolute atomic E-state index is 0.568. The summed E-state index contributed by atoms with van der Waals surface area (Å²) in [6.45, 7) is 3.46. The number of nitrogens with one attached hydrogen (secondary N) is 1. The van der Waals surface area contributed by atoms with Crippen molar-refractivity contribution in [1.29, 1.82) is 0 Å². The molecule has 3 rings (SSSR count). The number of aromatic nitrogens is 3. The van der Waals surface area contributed by atoms with E-state index in [0.29, 0.717) is 12.1 Å². The van der Waals surface area contributed by atoms with Gasteiger partial charge < -0.3 is 10.2 Å². The Morgan fingerprint density at radius 3 is 2.70 bits per heavy atom. The van der Waals surface area contributed by atoms with Crippen molar-refractivity contribution in [3.63, 3.8) is 0 Å². The summed E-state index contributed by atoms with van der Waals surface area (Å²) < 4.78 is 1.77. The van der Waals surface area contributed by atoms with Crippen molar-refractivity contribution in [2.24, 2.45) is 0 Å². The highest BCUT2D eigenvalue weighted by molar-refractivity contribution is 5.49. The summed E-state index contributed by atoms with van der Waals surface area (Å²) >= 11 is 0. The van der Waals surface area contributed by atoms with E-state index in [0.717, 1.165) is 12.2 Å². The van der Waals surface area contributed by atoms with Crippen LogP contribution in [-0.2, 0) is 0 Å². The van der Waals surface area contributed by atoms with Crippen LogP contribution in [-0.4, -0.2) is 45.3 Å². The van der Waals surface area contributed by atoms with Crippen molar-refractivity contribution < 1.29 is 0 Å². The van der Waals surface area contributed by atoms with Crippen molar-refractivity contribution in [2.75, 3.05) is 18.9 Å². The van der Waals surface area contributed by atoms with Gasteiger partial charge in [0.15, 0.2) is 0 Å². The van der Waals surface area contributed by atoms with Crippen LogP contribution in [0.1, 0.15) is 19.8 Å². The van der Waals surface area contributed by atoms with Gasteiger partial charge in [0.1, 0.15) is 12.7 Å². The van der Waals surface area contributed by atoms with Gasteiger partial charge in [0, 0.05) is 24.3 Å². The van der Waals surface area contributed by atoms with Crippen LogP contribution in [0, 0.1) is 0 Å². The molecule has 1 saturated heterocycles. The van der Waals surface area contributed by atoms with Crippen molar-refractivity contribution in [3.8, 4) is 5.69 Å². The molecule has 2 heterocycles. The Hall–Kier alpha value is -1.88. The van der Waals surface area contributed by atoms with Gasteiger partial charge in [-0.1, -0.05) is 0 Å². The van der Waals surface area contributed by atoms with E-state index in [2.05, 4.69) is 58.5 Å². The van der Waals surface area contributed by atoms with E-state index < -0.39 is 0 Å². The average molecular weight is 271 g/mol. The van der Waals surface area contributed by atoms with Gasteiger partial charge in [-0.15, -0.1) is 0 Å². The van der Waals surface area contributed by atoms with Crippen LogP contribution in [0.5, 0.6) is 0 Å². The molecule has 0 spiro atoms. The van der Waals surface area contributed by atoms with Gasteiger partial charge in [0.05, 0.1) is 5.69 Å². The molecule has 2 atom stereocenters. The lowest BCUT2D eigenvalue weighted by atomic mass is 9.98. The van der Waals surface area contributed by atoms with Gasteiger partial charge in [-0.05, 0) is 51.1 Å². The third-order valence-electron chi connectivity index (χ3n) is 4.13. The maximum absolute atomic E-state index is 4.13. The molecule has 5 nitrogen and oxygen atoms in total. The minimum atomic E-state index is 0.568. The molecule has 0 amide bonds. The molecule has 0 saturated carbocycles. The van der Waals surface area contributed by atoms with Gasteiger partial charge in [0.25, 0.3) is 0 Å². The van der Waals surface area contributed by atoms with Crippen molar-refractivity contribution >= 4 is 5.69 Å². The van der Waals surface area contributed by atoms with Crippen LogP contribution < -0.4 is 5.32 Å². The minimum Gasteiger partial charge on any atom is -0.382 e. The van der Waals surface area contributed by atoms with Gasteiger partial charge in [-0.25, -0.2) is 9.67 Å². The maximum atomic E-state index is 4.13. The number of benzene rings is 1. The predicted octanol–water partition coefficient (Wildman–Crippen LogP) is 2.16. The lowest BCUT2D eigenvalue weighted by molar-refractivity contribution is 0.190. The molecule has 1 N–H and O–H groups in total. The first-order chi connectivity index (χ1) is 9.72. The molecular formula is C15H21N5. The quantitative estimate of drug-likeness (QED) is 0.929. The predicted molar refractivity (Wildman–Crippen MR) is 80.1 cm³/mol. The second-order valence-electron chi connectivity index (χ2n) is 5.58. The summed E-state index contributed by atoms with van der Waals surface area (Å²) in [5, 5.41) is 7.76. The van der Waals surface area contributed by atoms with Crippen molar-refractivity contribution in [1.82, 2.24) is 19.7 Å². The number of likely N-dealkylation sites (tertiary alicyclic amines) is 1. The summed E-state index contributed by atoms with van der Waals surface area (Å²) in [5.41, 5.74) is 2.21. The lowest BCUT2D eigenvalue weighted by Gasteiger charge is -2.35. The van der Waals surface area contributed by atoms with E-state index in [1.54, 1.807) is 17.3 Å². The number of piperidine rings is 1. The first-order valence-corrected chi connectivity index (χ1v) is 7.14. The second kappa shape index (κ2) is 5.63. The molecule has 1 aliphatic rings. The Kier molecular flexibility index (Phi) is 3.69. The zero-order valence-corrected chi connectivity index (χ0v) is 12.0. The summed E-state index contributed by atoms with van der Waals surface area (Å²) in [4.78, 5) is 6.38. The first kappa shape index (κ1) is 13.1. The molecule has 0 aliphatic carbocycles. The molecule has 20 heavy (non-hydrogen) atoms. The summed E-state index contributed by atoms with van der Waals surface area (Å²) in [6, 6.07) is 9.57. The molecule has 5 heteroatoms. The van der Waals surface area contributed by atoms with E-state index in [1.807, 2.05) is 0 Å². The summed E-state index contributed by atoms with van der Waals surface area (Å²) in [7, 11) is 2.20. The highest BCUT2D eigenvalue weighted by Gasteiger charge is 2.22. The third-order valence-corrected chi connectivity index (χ3v) is 4.13. The fourth-order valence-electron chi connectivity index (χ4n) is 2.71. The van der Waals surface area contributed by atoms with E-state index in [-0.39, 0.29) is 0 Å². The zero-order valence-electron chi connectivity index (χ0n) is 12.0. The number of rotatable bonds is 3. The van der Waals surface area contributed by atoms with E-state index in [9.17, 15) is 0 Å². The second-order valence-corrected chi connectivity index (χ2v) is 5.58. The molecule has 106 valence electrons. The maximum Gasteiger partial charge on any atom is 0.138 e. The summed E-state index contributed by atoms with van der Waals surface area (Å²) in [5.74, 6) is 0. The van der Waals surface area contributed by atoms with Crippen LogP contribution in [0.2, 0.25) is 0 Å². The van der Waals surface area contributed by atoms with E-state index in [1.165, 1.54) is 18.5 Å². The highest BCUT2D eigenvalue weighted by atomic mass is 15.3. The number of hydrogen-bond donors (Lipinski definition) is 1. The lowest BCUT2D eigenvalue weighted by Crippen LogP contribution is -2.42. The van der Waals surface area contributed by atoms with Gasteiger partial charge in [0.2, 0.25) is 0 Å².